The summed E-state index contributed by atoms with van der Waals surface area (Å²) in [5.74, 6) is -1.98. The first kappa shape index (κ1) is 23.9. The smallest absolute Gasteiger partial charge is 0.229 e. The largest absolute Gasteiger partial charge is 0.507 e. The van der Waals surface area contributed by atoms with E-state index in [9.17, 15) is 40.5 Å². The molecule has 2 aliphatic heterocycles. The molecule has 2 aromatic carbocycles. The normalized spacial score (nSPS) is 28.7. The maximum atomic E-state index is 12.7. The Hall–Kier alpha value is -3.29. The van der Waals surface area contributed by atoms with Gasteiger partial charge >= 0.3 is 0 Å². The van der Waals surface area contributed by atoms with E-state index in [1.807, 2.05) is 0 Å². The predicted octanol–water partition coefficient (Wildman–Crippen LogP) is -0.303. The van der Waals surface area contributed by atoms with Crippen molar-refractivity contribution < 1.29 is 59.5 Å². The molecule has 0 spiro atoms. The molecule has 0 unspecified atom stereocenters. The number of ether oxygens (including phenoxy) is 4. The zero-order valence-electron chi connectivity index (χ0n) is 17.9. The number of hydrogen-bond acceptors (Lipinski definition) is 12. The van der Waals surface area contributed by atoms with E-state index in [-0.39, 0.29) is 46.3 Å². The van der Waals surface area contributed by atoms with Crippen molar-refractivity contribution in [3.05, 3.63) is 35.4 Å². The van der Waals surface area contributed by atoms with Crippen LogP contribution in [0, 0.1) is 0 Å². The second kappa shape index (κ2) is 9.16. The van der Waals surface area contributed by atoms with Gasteiger partial charge in [-0.1, -0.05) is 0 Å². The maximum absolute atomic E-state index is 12.7. The molecule has 0 amide bonds. The van der Waals surface area contributed by atoms with Crippen LogP contribution in [0.5, 0.6) is 34.5 Å². The maximum Gasteiger partial charge on any atom is 0.229 e. The van der Waals surface area contributed by atoms with Crippen LogP contribution in [0.1, 0.15) is 28.4 Å². The van der Waals surface area contributed by atoms with E-state index in [0.717, 1.165) is 6.07 Å². The molecule has 4 rings (SSSR count). The summed E-state index contributed by atoms with van der Waals surface area (Å²) in [4.78, 5) is 12.7. The van der Waals surface area contributed by atoms with Crippen LogP contribution in [-0.4, -0.2) is 86.0 Å². The third-order valence-corrected chi connectivity index (χ3v) is 5.72. The van der Waals surface area contributed by atoms with Gasteiger partial charge in [0.2, 0.25) is 12.0 Å². The fraction of sp³-hybridized carbons (Fsp3) is 0.409. The van der Waals surface area contributed by atoms with Crippen LogP contribution in [-0.2, 0) is 4.74 Å². The number of fused-ring (bicyclic) bond motifs is 1. The van der Waals surface area contributed by atoms with Gasteiger partial charge in [0, 0.05) is 17.7 Å². The molecule has 12 nitrogen and oxygen atoms in total. The lowest BCUT2D eigenvalue weighted by molar-refractivity contribution is -0.277. The number of rotatable bonds is 5. The minimum absolute atomic E-state index is 0.0735. The minimum atomic E-state index is -1.68. The first-order valence-electron chi connectivity index (χ1n) is 10.3. The highest BCUT2D eigenvalue weighted by Crippen LogP contribution is 2.45. The lowest BCUT2D eigenvalue weighted by Crippen LogP contribution is -2.60. The van der Waals surface area contributed by atoms with Crippen LogP contribution in [0.4, 0.5) is 0 Å². The van der Waals surface area contributed by atoms with Gasteiger partial charge in [0.25, 0.3) is 0 Å². The Labute approximate surface area is 192 Å². The first-order valence-corrected chi connectivity index (χ1v) is 10.3. The Kier molecular flexibility index (Phi) is 6.43. The molecule has 12 heteroatoms. The number of phenols is 3. The zero-order chi connectivity index (χ0) is 24.7. The highest BCUT2D eigenvalue weighted by atomic mass is 16.7. The number of phenolic OH excluding ortho intramolecular Hbond substituents is 3. The molecule has 1 fully saturated rings. The minimum Gasteiger partial charge on any atom is -0.507 e. The Morgan fingerprint density at radius 1 is 0.971 bits per heavy atom. The van der Waals surface area contributed by atoms with Crippen LogP contribution >= 0.6 is 0 Å². The van der Waals surface area contributed by atoms with Crippen LogP contribution < -0.4 is 14.2 Å². The highest BCUT2D eigenvalue weighted by Gasteiger charge is 2.45. The van der Waals surface area contributed by atoms with Gasteiger partial charge in [0.1, 0.15) is 53.3 Å². The molecule has 2 heterocycles. The summed E-state index contributed by atoms with van der Waals surface area (Å²) < 4.78 is 21.5. The number of carbonyl (C=O) groups excluding carboxylic acids is 1. The lowest BCUT2D eigenvalue weighted by atomic mass is 9.95. The van der Waals surface area contributed by atoms with Crippen molar-refractivity contribution in [2.24, 2.45) is 0 Å². The number of aliphatic hydroxyl groups excluding tert-OH is 4. The number of Topliss-reactive ketones (excluding diaryl/α,β-unsaturated/α-hetero) is 1. The molecule has 2 aliphatic rings. The second-order valence-corrected chi connectivity index (χ2v) is 7.96. The summed E-state index contributed by atoms with van der Waals surface area (Å²) in [7, 11) is 1.27. The summed E-state index contributed by atoms with van der Waals surface area (Å²) in [6.45, 7) is -0.652. The van der Waals surface area contributed by atoms with Gasteiger partial charge in [-0.15, -0.1) is 0 Å². The number of hydrogen-bond donors (Lipinski definition) is 7. The zero-order valence-corrected chi connectivity index (χ0v) is 17.9. The number of aliphatic hydroxyl groups is 4. The summed E-state index contributed by atoms with van der Waals surface area (Å²) >= 11 is 0. The van der Waals surface area contributed by atoms with E-state index in [4.69, 9.17) is 18.9 Å². The van der Waals surface area contributed by atoms with Crippen molar-refractivity contribution in [1.29, 1.82) is 0 Å². The van der Waals surface area contributed by atoms with E-state index >= 15 is 0 Å². The summed E-state index contributed by atoms with van der Waals surface area (Å²) in [5, 5.41) is 69.8. The van der Waals surface area contributed by atoms with Crippen molar-refractivity contribution in [2.45, 2.75) is 43.2 Å². The van der Waals surface area contributed by atoms with E-state index in [1.54, 1.807) is 0 Å². The molecule has 0 aliphatic carbocycles. The molecular weight excluding hydrogens is 456 g/mol. The molecule has 0 aromatic heterocycles. The molecule has 6 atom stereocenters. The van der Waals surface area contributed by atoms with Crippen molar-refractivity contribution in [3.63, 3.8) is 0 Å². The molecule has 0 bridgehead atoms. The average molecular weight is 480 g/mol. The molecule has 0 saturated carbocycles. The van der Waals surface area contributed by atoms with E-state index < -0.39 is 54.9 Å². The van der Waals surface area contributed by atoms with Gasteiger partial charge in [0.05, 0.1) is 20.1 Å². The van der Waals surface area contributed by atoms with Crippen molar-refractivity contribution in [2.75, 3.05) is 13.7 Å². The standard InChI is InChI=1S/C22H24O12/c1-31-21-12(26)2-8(3-13(21)27)14-6-11(25)17-10(24)4-9(5-15(17)33-14)32-22-20(30)19(29)18(28)16(7-23)34-22/h2-5,14,16,18-20,22-24,26-30H,6-7H2,1H3/t14-,16+,18+,19-,20+,22+/m0/s1. The Morgan fingerprint density at radius 3 is 2.26 bits per heavy atom. The van der Waals surface area contributed by atoms with E-state index in [0.29, 0.717) is 0 Å². The van der Waals surface area contributed by atoms with Gasteiger partial charge in [0.15, 0.2) is 17.3 Å². The van der Waals surface area contributed by atoms with Crippen molar-refractivity contribution in [1.82, 2.24) is 0 Å². The first-order chi connectivity index (χ1) is 16.1. The Bertz CT molecular complexity index is 1060. The highest BCUT2D eigenvalue weighted by molar-refractivity contribution is 6.02. The number of ketones is 1. The fourth-order valence-corrected chi connectivity index (χ4v) is 3.98. The van der Waals surface area contributed by atoms with Gasteiger partial charge in [-0.05, 0) is 12.1 Å². The average Bonchev–Trinajstić information content (AvgIpc) is 2.78. The number of carbonyl (C=O) groups is 1. The molecular formula is C22H24O12. The molecule has 1 saturated heterocycles. The van der Waals surface area contributed by atoms with Crippen molar-refractivity contribution >= 4 is 5.78 Å². The van der Waals surface area contributed by atoms with Crippen LogP contribution in [0.3, 0.4) is 0 Å². The molecule has 184 valence electrons. The van der Waals surface area contributed by atoms with E-state index in [2.05, 4.69) is 0 Å². The Balaban J connectivity index is 1.62. The van der Waals surface area contributed by atoms with Gasteiger partial charge in [-0.3, -0.25) is 4.79 Å². The summed E-state index contributed by atoms with van der Waals surface area (Å²) in [6.07, 6.45) is -8.76. The third-order valence-electron chi connectivity index (χ3n) is 5.72. The number of aromatic hydroxyl groups is 3. The van der Waals surface area contributed by atoms with Gasteiger partial charge in [-0.25, -0.2) is 0 Å². The van der Waals surface area contributed by atoms with Crippen LogP contribution in [0.2, 0.25) is 0 Å². The summed E-state index contributed by atoms with van der Waals surface area (Å²) in [6, 6.07) is 4.89. The van der Waals surface area contributed by atoms with Crippen LogP contribution in [0.25, 0.3) is 0 Å². The van der Waals surface area contributed by atoms with Crippen LogP contribution in [0.15, 0.2) is 24.3 Å². The van der Waals surface area contributed by atoms with Crippen molar-refractivity contribution in [3.8, 4) is 34.5 Å². The SMILES string of the molecule is COc1c(O)cc([C@@H]2CC(=O)c3c(O)cc(O[C@@H]4O[C@H](CO)[C@@H](O)[C@H](O)[C@H]4O)cc3O2)cc1O. The molecule has 7 N–H and O–H groups in total. The third kappa shape index (κ3) is 4.17. The number of benzene rings is 2. The number of methoxy groups -OCH3 is 1. The Morgan fingerprint density at radius 2 is 1.65 bits per heavy atom. The second-order valence-electron chi connectivity index (χ2n) is 7.96. The van der Waals surface area contributed by atoms with Gasteiger partial charge < -0.3 is 54.7 Å². The lowest BCUT2D eigenvalue weighted by Gasteiger charge is -2.39. The fourth-order valence-electron chi connectivity index (χ4n) is 3.98. The van der Waals surface area contributed by atoms with E-state index in [1.165, 1.54) is 25.3 Å². The predicted molar refractivity (Wildman–Crippen MR) is 111 cm³/mol. The van der Waals surface area contributed by atoms with Gasteiger partial charge in [-0.2, -0.15) is 0 Å². The molecule has 2 aromatic rings. The monoisotopic (exact) mass is 480 g/mol. The summed E-state index contributed by atoms with van der Waals surface area (Å²) in [5.41, 5.74) is 0.161. The molecule has 0 radical (unpaired) electrons. The molecule has 34 heavy (non-hydrogen) atoms. The quantitative estimate of drug-likeness (QED) is 0.295. The topological polar surface area (TPSA) is 196 Å².